The molecule has 5 N–H and O–H groups in total. The average Bonchev–Trinajstić information content (AvgIpc) is 4.08. The average molecular weight is 1060 g/mol. The third-order valence-electron chi connectivity index (χ3n) is 11.9. The predicted octanol–water partition coefficient (Wildman–Crippen LogP) is -6.42. The van der Waals surface area contributed by atoms with Gasteiger partial charge in [0, 0.05) is 75.3 Å². The quantitative estimate of drug-likeness (QED) is 0.145. The Morgan fingerprint density at radius 3 is 1.48 bits per heavy atom. The zero-order valence-electron chi connectivity index (χ0n) is 46.7. The first kappa shape index (κ1) is 67.4. The van der Waals surface area contributed by atoms with E-state index < -0.39 is 0 Å². The molecule has 0 aliphatic rings. The van der Waals surface area contributed by atoms with Crippen molar-refractivity contribution < 1.29 is 149 Å². The van der Waals surface area contributed by atoms with Crippen molar-refractivity contribution >= 4 is 21.7 Å². The fourth-order valence-corrected chi connectivity index (χ4v) is 8.14. The molecule has 0 amide bonds. The molecule has 18 heteroatoms. The summed E-state index contributed by atoms with van der Waals surface area (Å²) in [6, 6.07) is 73.5. The maximum Gasteiger partial charge on any atom is 1.00 e. The summed E-state index contributed by atoms with van der Waals surface area (Å²) in [4.78, 5) is 16.7. The Morgan fingerprint density at radius 2 is 0.855 bits per heavy atom. The number of nitrogens with zero attached hydrogens (tertiary/aromatic N) is 2. The molecule has 13 nitrogen and oxygen atoms in total. The predicted molar refractivity (Wildman–Crippen MR) is 288 cm³/mol. The van der Waals surface area contributed by atoms with Crippen molar-refractivity contribution in [2.45, 2.75) is 0 Å². The molecule has 0 aliphatic heterocycles. The van der Waals surface area contributed by atoms with E-state index in [0.717, 1.165) is 50.2 Å². The number of aromatic nitrogens is 7. The van der Waals surface area contributed by atoms with Crippen LogP contribution in [0.1, 0.15) is 0 Å². The van der Waals surface area contributed by atoms with Crippen molar-refractivity contribution in [3.05, 3.63) is 267 Å². The van der Waals surface area contributed by atoms with Crippen LogP contribution in [0.2, 0.25) is 0 Å². The molecule has 0 bridgehead atoms. The minimum absolute atomic E-state index is 0. The molecule has 0 saturated carbocycles. The summed E-state index contributed by atoms with van der Waals surface area (Å²) in [5, 5.41) is 67.9. The first-order valence-electron chi connectivity index (χ1n) is 24.7. The van der Waals surface area contributed by atoms with E-state index in [1.54, 1.807) is 79.1 Å². The molecule has 13 rings (SSSR count). The molecule has 0 fully saturated rings. The molecule has 0 saturated heterocycles. The number of para-hydroxylation sites is 5. The van der Waals surface area contributed by atoms with Gasteiger partial charge in [0.25, 0.3) is 5.89 Å². The summed E-state index contributed by atoms with van der Waals surface area (Å²) in [5.41, 5.74) is 8.39. The van der Waals surface area contributed by atoms with Gasteiger partial charge in [0.15, 0.2) is 18.6 Å². The molecule has 7 aromatic carbocycles. The number of pyridine rings is 5. The monoisotopic (exact) mass is 1060 g/mol. The Hall–Kier alpha value is -8.06. The minimum Gasteiger partial charge on any atom is -0.872 e. The minimum atomic E-state index is -0.0930. The van der Waals surface area contributed by atoms with E-state index in [0.29, 0.717) is 39.6 Å². The number of fused-ring (bicyclic) bond motifs is 2. The van der Waals surface area contributed by atoms with Crippen molar-refractivity contribution in [3.63, 3.8) is 0 Å². The van der Waals surface area contributed by atoms with E-state index >= 15 is 0 Å². The largest absolute Gasteiger partial charge is 1.00 e. The molecule has 83 heavy (non-hydrogen) atoms. The van der Waals surface area contributed by atoms with Crippen LogP contribution in [0.15, 0.2) is 272 Å². The van der Waals surface area contributed by atoms with Gasteiger partial charge in [-0.25, -0.2) is 24.9 Å². The van der Waals surface area contributed by atoms with Crippen LogP contribution in [0.4, 0.5) is 0 Å². The summed E-state index contributed by atoms with van der Waals surface area (Å²) < 4.78 is 5.57. The maximum absolute atomic E-state index is 11.8. The van der Waals surface area contributed by atoms with Crippen LogP contribution < -0.4 is 145 Å². The summed E-state index contributed by atoms with van der Waals surface area (Å²) in [5.74, 6) is 0.892. The van der Waals surface area contributed by atoms with E-state index in [2.05, 4.69) is 35.1 Å². The number of H-pyrrole nitrogens is 5. The summed E-state index contributed by atoms with van der Waals surface area (Å²) in [6.45, 7) is 0. The van der Waals surface area contributed by atoms with Gasteiger partial charge in [0.1, 0.15) is 5.69 Å². The van der Waals surface area contributed by atoms with Crippen LogP contribution in [-0.2, 0) is 0 Å². The fourth-order valence-electron chi connectivity index (χ4n) is 8.14. The molecule has 380 valence electrons. The normalized spacial score (nSPS) is 9.69. The SMILES string of the molecule is [Li+].[Li+].[Li+].[Li+].[Li+].[O-]c1cccc2ccc[nH+]c12.[O-]c1ccccc1-c1[nH+]ccc2ccccc12.[O-]c1ccccc1-c1[nH+]nc(-c2ccccc2)o1.[O-]c1ccccc1-c1cccc(-c2ccccn2)[nH+]1.[O-]c1ccccc1-c1cccc[nH+]1. The molecule has 13 aromatic rings. The molecule has 6 aromatic heterocycles. The smallest absolute Gasteiger partial charge is 0.872 e. The summed E-state index contributed by atoms with van der Waals surface area (Å²) in [7, 11) is 0. The van der Waals surface area contributed by atoms with Gasteiger partial charge in [0.05, 0.1) is 10.9 Å². The summed E-state index contributed by atoms with van der Waals surface area (Å²) in [6.07, 6.45) is 7.17. The van der Waals surface area contributed by atoms with Crippen LogP contribution in [0, 0.1) is 0 Å². The fraction of sp³-hybridized carbons (Fsp3) is 0. The van der Waals surface area contributed by atoms with Gasteiger partial charge >= 0.3 is 100 Å². The Balaban J connectivity index is 0.000000222. The van der Waals surface area contributed by atoms with Crippen LogP contribution in [0.25, 0.3) is 89.7 Å². The molecule has 0 spiro atoms. The Bertz CT molecular complexity index is 4030. The number of benzene rings is 7. The second-order valence-corrected chi connectivity index (χ2v) is 17.1. The van der Waals surface area contributed by atoms with Crippen molar-refractivity contribution in [2.75, 3.05) is 0 Å². The molecular weight excluding hydrogens is 1010 g/mol. The van der Waals surface area contributed by atoms with Gasteiger partial charge in [-0.05, 0) is 90.0 Å². The van der Waals surface area contributed by atoms with Gasteiger partial charge < -0.3 is 29.9 Å². The molecule has 0 aliphatic carbocycles. The van der Waals surface area contributed by atoms with E-state index in [1.165, 1.54) is 6.07 Å². The molecule has 0 atom stereocenters. The van der Waals surface area contributed by atoms with E-state index in [9.17, 15) is 25.5 Å². The Kier molecular flexibility index (Phi) is 27.9. The van der Waals surface area contributed by atoms with E-state index in [4.69, 9.17) is 4.42 Å². The molecular formula is C65H49Li5N7O6+5. The first-order valence-corrected chi connectivity index (χ1v) is 24.7. The summed E-state index contributed by atoms with van der Waals surface area (Å²) >= 11 is 0. The number of hydrogen-bond acceptors (Lipinski definition) is 8. The van der Waals surface area contributed by atoms with Crippen molar-refractivity contribution in [1.29, 1.82) is 0 Å². The first-order chi connectivity index (χ1) is 38.3. The van der Waals surface area contributed by atoms with Gasteiger partial charge in [-0.2, -0.15) is 0 Å². The zero-order valence-corrected chi connectivity index (χ0v) is 46.7. The number of nitrogens with one attached hydrogen (secondary N) is 5. The number of rotatable bonds is 6. The second-order valence-electron chi connectivity index (χ2n) is 17.1. The van der Waals surface area contributed by atoms with E-state index in [1.807, 2.05) is 182 Å². The number of aromatic amines is 5. The van der Waals surface area contributed by atoms with Crippen molar-refractivity contribution in [2.24, 2.45) is 0 Å². The molecule has 6 heterocycles. The van der Waals surface area contributed by atoms with Crippen LogP contribution in [-0.4, -0.2) is 10.1 Å². The Morgan fingerprint density at radius 1 is 0.349 bits per heavy atom. The molecule has 0 radical (unpaired) electrons. The van der Waals surface area contributed by atoms with Gasteiger partial charge in [-0.15, -0.1) is 0 Å². The standard InChI is InChI=1S/C16H12N2O.C15H11NO.C14H10N2O2.C11H9NO.C9H7NO.5Li/c19-16-10-2-1-6-12(16)13-8-5-9-15(18-13)14-7-3-4-11-17-14;17-14-8-4-3-7-13(14)15-12-6-2-1-5-11(12)9-10-16-15;17-12-9-5-4-8-11(12)14-16-15-13(18-14)10-6-2-1-3-7-10;13-11-7-2-1-5-9(11)10-6-3-4-8-12-10;11-8-5-1-3-7-4-2-6-10-9(7)8;;;;;/h1-11,19H;1-10,17H;1-9,17H;1-8,13H;1-6,11H;;;;;/q;;;;;5*+1. The van der Waals surface area contributed by atoms with Crippen molar-refractivity contribution in [1.82, 2.24) is 10.1 Å². The second kappa shape index (κ2) is 34.4. The third-order valence-corrected chi connectivity index (χ3v) is 11.9. The third kappa shape index (κ3) is 18.2. The maximum atomic E-state index is 11.8. The van der Waals surface area contributed by atoms with E-state index in [-0.39, 0.29) is 123 Å². The topological polar surface area (TPSA) is 225 Å². The van der Waals surface area contributed by atoms with Crippen LogP contribution in [0.5, 0.6) is 28.7 Å². The Labute approximate surface area is 540 Å². The van der Waals surface area contributed by atoms with Crippen LogP contribution in [0.3, 0.4) is 0 Å². The van der Waals surface area contributed by atoms with Gasteiger partial charge in [-0.1, -0.05) is 155 Å². The van der Waals surface area contributed by atoms with Gasteiger partial charge in [0.2, 0.25) is 28.3 Å². The van der Waals surface area contributed by atoms with Crippen molar-refractivity contribution in [3.8, 4) is 96.8 Å². The molecule has 0 unspecified atom stereocenters. The number of hydrogen-bond donors (Lipinski definition) is 0. The van der Waals surface area contributed by atoms with Crippen LogP contribution >= 0.6 is 0 Å². The zero-order chi connectivity index (χ0) is 53.9. The van der Waals surface area contributed by atoms with Gasteiger partial charge in [-0.3, -0.25) is 0 Å².